The van der Waals surface area contributed by atoms with Crippen molar-refractivity contribution in [1.29, 1.82) is 0 Å². The van der Waals surface area contributed by atoms with Gasteiger partial charge in [0, 0.05) is 13.3 Å². The molecule has 0 aromatic rings. The SMILES string of the molecule is CP(=O)(O)CP(C)(=O)O.[AlH3]. The summed E-state index contributed by atoms with van der Waals surface area (Å²) in [4.78, 5) is 17.2. The molecule has 7 heteroatoms. The van der Waals surface area contributed by atoms with Gasteiger partial charge in [-0.25, -0.2) is 0 Å². The first kappa shape index (κ1) is 13.5. The molecule has 0 amide bonds. The molecule has 0 saturated heterocycles. The van der Waals surface area contributed by atoms with E-state index in [1.807, 2.05) is 0 Å². The van der Waals surface area contributed by atoms with Crippen molar-refractivity contribution >= 4 is 32.1 Å². The molecule has 4 nitrogen and oxygen atoms in total. The van der Waals surface area contributed by atoms with Crippen LogP contribution in [-0.2, 0) is 9.13 Å². The average Bonchev–Trinajstić information content (AvgIpc) is 1.14. The maximum atomic E-state index is 10.5. The second-order valence-electron chi connectivity index (χ2n) is 2.24. The van der Waals surface area contributed by atoms with E-state index in [0.717, 1.165) is 13.3 Å². The van der Waals surface area contributed by atoms with Crippen LogP contribution >= 0.6 is 14.7 Å². The standard InChI is InChI=1S/C3H10O4P2.Al.3H/c1-8(4,5)3-9(2,6)7;;;;/h3H2,1-2H3,(H,4,5)(H,6,7);;;;. The lowest BCUT2D eigenvalue weighted by Crippen LogP contribution is -1.86. The average molecular weight is 202 g/mol. The third kappa shape index (κ3) is 11.7. The third-order valence-corrected chi connectivity index (χ3v) is 4.72. The Morgan fingerprint density at radius 1 is 1.10 bits per heavy atom. The van der Waals surface area contributed by atoms with Gasteiger partial charge in [0.15, 0.2) is 17.4 Å². The fourth-order valence-corrected chi connectivity index (χ4v) is 4.38. The Morgan fingerprint density at radius 3 is 1.30 bits per heavy atom. The molecule has 0 spiro atoms. The highest BCUT2D eigenvalue weighted by Crippen LogP contribution is 2.52. The summed E-state index contributed by atoms with van der Waals surface area (Å²) in [5.74, 6) is -0.486. The van der Waals surface area contributed by atoms with E-state index < -0.39 is 20.6 Å². The molecule has 10 heavy (non-hydrogen) atoms. The molecule has 2 unspecified atom stereocenters. The van der Waals surface area contributed by atoms with Gasteiger partial charge in [-0.3, -0.25) is 9.13 Å². The van der Waals surface area contributed by atoms with Gasteiger partial charge in [0.25, 0.3) is 0 Å². The van der Waals surface area contributed by atoms with E-state index in [-0.39, 0.29) is 17.4 Å². The van der Waals surface area contributed by atoms with Gasteiger partial charge in [-0.15, -0.1) is 0 Å². The zero-order chi connectivity index (χ0) is 7.71. The molecule has 0 radical (unpaired) electrons. The fourth-order valence-electron chi connectivity index (χ4n) is 0.487. The molecular formula is C3H13AlO4P2. The van der Waals surface area contributed by atoms with Crippen LogP contribution in [0.2, 0.25) is 0 Å². The van der Waals surface area contributed by atoms with Gasteiger partial charge in [-0.1, -0.05) is 0 Å². The van der Waals surface area contributed by atoms with Crippen LogP contribution in [0.4, 0.5) is 0 Å². The monoisotopic (exact) mass is 202 g/mol. The second kappa shape index (κ2) is 4.07. The Balaban J connectivity index is 0. The maximum absolute atomic E-state index is 10.5. The van der Waals surface area contributed by atoms with Crippen LogP contribution in [0.3, 0.4) is 0 Å². The van der Waals surface area contributed by atoms with Crippen molar-refractivity contribution < 1.29 is 18.9 Å². The predicted octanol–water partition coefficient (Wildman–Crippen LogP) is -0.440. The lowest BCUT2D eigenvalue weighted by molar-refractivity contribution is 0.473. The summed E-state index contributed by atoms with van der Waals surface area (Å²) in [6.45, 7) is 2.14. The van der Waals surface area contributed by atoms with Gasteiger partial charge in [0.2, 0.25) is 14.7 Å². The molecule has 0 aliphatic carbocycles. The summed E-state index contributed by atoms with van der Waals surface area (Å²) in [7, 11) is -6.60. The van der Waals surface area contributed by atoms with Crippen LogP contribution in [-0.4, -0.2) is 46.4 Å². The molecule has 0 heterocycles. The zero-order valence-corrected chi connectivity index (χ0v) is 7.10. The van der Waals surface area contributed by atoms with Gasteiger partial charge in [-0.05, 0) is 0 Å². The van der Waals surface area contributed by atoms with Crippen LogP contribution in [0, 0.1) is 0 Å². The molecule has 62 valence electrons. The van der Waals surface area contributed by atoms with Crippen molar-refractivity contribution in [3.63, 3.8) is 0 Å². The van der Waals surface area contributed by atoms with Crippen molar-refractivity contribution in [2.75, 3.05) is 19.2 Å². The first-order chi connectivity index (χ1) is 3.71. The van der Waals surface area contributed by atoms with Crippen LogP contribution in [0.1, 0.15) is 0 Å². The van der Waals surface area contributed by atoms with Gasteiger partial charge < -0.3 is 9.79 Å². The van der Waals surface area contributed by atoms with E-state index in [1.54, 1.807) is 0 Å². The minimum absolute atomic E-state index is 0. The molecule has 0 bridgehead atoms. The lowest BCUT2D eigenvalue weighted by atomic mass is 11.9. The molecule has 2 atom stereocenters. The first-order valence-electron chi connectivity index (χ1n) is 2.29. The zero-order valence-electron chi connectivity index (χ0n) is 5.31. The summed E-state index contributed by atoms with van der Waals surface area (Å²) in [6, 6.07) is 0. The Labute approximate surface area is 70.7 Å². The second-order valence-corrected chi connectivity index (χ2v) is 7.58. The van der Waals surface area contributed by atoms with Gasteiger partial charge in [-0.2, -0.15) is 0 Å². The maximum Gasteiger partial charge on any atom is 0.207 e. The van der Waals surface area contributed by atoms with Gasteiger partial charge in [0.05, 0.1) is 0 Å². The quantitative estimate of drug-likeness (QED) is 0.470. The highest BCUT2D eigenvalue weighted by molar-refractivity contribution is 7.74. The Bertz CT molecular complexity index is 159. The summed E-state index contributed by atoms with van der Waals surface area (Å²) < 4.78 is 20.9. The molecule has 0 saturated carbocycles. The topological polar surface area (TPSA) is 74.6 Å². The van der Waals surface area contributed by atoms with E-state index in [0.29, 0.717) is 0 Å². The molecule has 2 N–H and O–H groups in total. The summed E-state index contributed by atoms with van der Waals surface area (Å²) in [5.41, 5.74) is 0. The Morgan fingerprint density at radius 2 is 1.30 bits per heavy atom. The highest BCUT2D eigenvalue weighted by atomic mass is 31.2. The van der Waals surface area contributed by atoms with E-state index in [1.165, 1.54) is 0 Å². The van der Waals surface area contributed by atoms with E-state index in [4.69, 9.17) is 9.79 Å². The number of rotatable bonds is 2. The predicted molar refractivity (Wildman–Crippen MR) is 46.3 cm³/mol. The van der Waals surface area contributed by atoms with Crippen molar-refractivity contribution in [2.45, 2.75) is 0 Å². The lowest BCUT2D eigenvalue weighted by Gasteiger charge is -2.06. The molecule has 0 rings (SSSR count). The third-order valence-electron chi connectivity index (χ3n) is 0.525. The molecule has 0 fully saturated rings. The normalized spacial score (nSPS) is 22.0. The van der Waals surface area contributed by atoms with Gasteiger partial charge >= 0.3 is 0 Å². The van der Waals surface area contributed by atoms with Crippen LogP contribution < -0.4 is 0 Å². The minimum Gasteiger partial charge on any atom is -0.344 e. The number of hydrogen-bond donors (Lipinski definition) is 2. The molecule has 0 aromatic heterocycles. The van der Waals surface area contributed by atoms with E-state index in [9.17, 15) is 9.13 Å². The summed E-state index contributed by atoms with van der Waals surface area (Å²) in [5, 5.41) is 0. The molecular weight excluding hydrogens is 189 g/mol. The van der Waals surface area contributed by atoms with Crippen LogP contribution in [0.15, 0.2) is 0 Å². The Hall–Kier alpha value is 0.912. The smallest absolute Gasteiger partial charge is 0.207 e. The van der Waals surface area contributed by atoms with Crippen molar-refractivity contribution in [3.8, 4) is 0 Å². The molecule has 0 aliphatic heterocycles. The Kier molecular flexibility index (Phi) is 5.49. The van der Waals surface area contributed by atoms with Crippen molar-refractivity contribution in [2.24, 2.45) is 0 Å². The summed E-state index contributed by atoms with van der Waals surface area (Å²) in [6.07, 6.45) is 0. The highest BCUT2D eigenvalue weighted by Gasteiger charge is 2.21. The molecule has 0 aromatic carbocycles. The first-order valence-corrected chi connectivity index (χ1v) is 6.88. The van der Waals surface area contributed by atoms with Crippen molar-refractivity contribution in [1.82, 2.24) is 0 Å². The fraction of sp³-hybridized carbons (Fsp3) is 1.00. The van der Waals surface area contributed by atoms with E-state index >= 15 is 0 Å². The number of hydrogen-bond acceptors (Lipinski definition) is 2. The minimum atomic E-state index is -3.30. The van der Waals surface area contributed by atoms with Crippen LogP contribution in [0.25, 0.3) is 0 Å². The largest absolute Gasteiger partial charge is 0.344 e. The van der Waals surface area contributed by atoms with Crippen LogP contribution in [0.5, 0.6) is 0 Å². The van der Waals surface area contributed by atoms with E-state index in [2.05, 4.69) is 0 Å². The van der Waals surface area contributed by atoms with Crippen molar-refractivity contribution in [3.05, 3.63) is 0 Å². The molecule has 0 aliphatic rings. The van der Waals surface area contributed by atoms with Gasteiger partial charge in [0.1, 0.15) is 5.90 Å². The summed E-state index contributed by atoms with van der Waals surface area (Å²) >= 11 is 0.